The maximum absolute atomic E-state index is 12.5. The Hall–Kier alpha value is -2.38. The third-order valence-electron chi connectivity index (χ3n) is 2.94. The highest BCUT2D eigenvalue weighted by Gasteiger charge is 2.30. The standard InChI is InChI=1S/C13H13F3N4O/c1-9(21)19(2)7-11-8-20(18-17-11)12-5-3-10(4-6-12)13(14,15)16/h3-6,8H,7H2,1-2H3. The molecule has 0 unspecified atom stereocenters. The summed E-state index contributed by atoms with van der Waals surface area (Å²) in [4.78, 5) is 12.6. The summed E-state index contributed by atoms with van der Waals surface area (Å²) < 4.78 is 38.8. The van der Waals surface area contributed by atoms with Gasteiger partial charge in [0.15, 0.2) is 0 Å². The second kappa shape index (κ2) is 5.55. The summed E-state index contributed by atoms with van der Waals surface area (Å²) in [6.45, 7) is 1.72. The van der Waals surface area contributed by atoms with E-state index in [1.807, 2.05) is 0 Å². The van der Waals surface area contributed by atoms with Crippen molar-refractivity contribution in [1.82, 2.24) is 19.9 Å². The highest BCUT2D eigenvalue weighted by Crippen LogP contribution is 2.29. The predicted octanol–water partition coefficient (Wildman–Crippen LogP) is 2.26. The fourth-order valence-corrected chi connectivity index (χ4v) is 1.65. The molecule has 21 heavy (non-hydrogen) atoms. The van der Waals surface area contributed by atoms with Gasteiger partial charge in [-0.15, -0.1) is 5.10 Å². The van der Waals surface area contributed by atoms with Gasteiger partial charge in [0.25, 0.3) is 0 Å². The quantitative estimate of drug-likeness (QED) is 0.873. The molecule has 2 aromatic rings. The van der Waals surface area contributed by atoms with Crippen LogP contribution in [0, 0.1) is 0 Å². The summed E-state index contributed by atoms with van der Waals surface area (Å²) in [5.74, 6) is -0.112. The highest BCUT2D eigenvalue weighted by molar-refractivity contribution is 5.72. The fourth-order valence-electron chi connectivity index (χ4n) is 1.65. The van der Waals surface area contributed by atoms with Gasteiger partial charge in [0.05, 0.1) is 24.0 Å². The van der Waals surface area contributed by atoms with Crippen LogP contribution in [0.4, 0.5) is 13.2 Å². The van der Waals surface area contributed by atoms with Gasteiger partial charge in [-0.3, -0.25) is 4.79 Å². The molecular formula is C13H13F3N4O. The van der Waals surface area contributed by atoms with E-state index >= 15 is 0 Å². The van der Waals surface area contributed by atoms with Crippen LogP contribution in [0.25, 0.3) is 5.69 Å². The number of alkyl halides is 3. The topological polar surface area (TPSA) is 51.0 Å². The Kier molecular flexibility index (Phi) is 3.97. The van der Waals surface area contributed by atoms with E-state index < -0.39 is 11.7 Å². The minimum Gasteiger partial charge on any atom is -0.340 e. The molecule has 1 aromatic carbocycles. The van der Waals surface area contributed by atoms with E-state index in [2.05, 4.69) is 10.3 Å². The lowest BCUT2D eigenvalue weighted by Crippen LogP contribution is -2.23. The van der Waals surface area contributed by atoms with Gasteiger partial charge < -0.3 is 4.90 Å². The fraction of sp³-hybridized carbons (Fsp3) is 0.308. The normalized spacial score (nSPS) is 11.5. The number of amides is 1. The van der Waals surface area contributed by atoms with E-state index in [9.17, 15) is 18.0 Å². The molecule has 0 spiro atoms. The number of hydrogen-bond donors (Lipinski definition) is 0. The number of carbonyl (C=O) groups excluding carboxylic acids is 1. The van der Waals surface area contributed by atoms with Crippen molar-refractivity contribution >= 4 is 5.91 Å². The summed E-state index contributed by atoms with van der Waals surface area (Å²) in [7, 11) is 1.62. The average molecular weight is 298 g/mol. The lowest BCUT2D eigenvalue weighted by Gasteiger charge is -2.11. The van der Waals surface area contributed by atoms with Crippen molar-refractivity contribution in [2.24, 2.45) is 0 Å². The Labute approximate surface area is 119 Å². The van der Waals surface area contributed by atoms with E-state index in [-0.39, 0.29) is 12.5 Å². The van der Waals surface area contributed by atoms with Crippen molar-refractivity contribution in [1.29, 1.82) is 0 Å². The van der Waals surface area contributed by atoms with Crippen LogP contribution in [0.3, 0.4) is 0 Å². The number of hydrogen-bond acceptors (Lipinski definition) is 3. The van der Waals surface area contributed by atoms with Crippen molar-refractivity contribution in [2.45, 2.75) is 19.6 Å². The van der Waals surface area contributed by atoms with Gasteiger partial charge in [0.2, 0.25) is 5.91 Å². The van der Waals surface area contributed by atoms with Gasteiger partial charge in [0, 0.05) is 14.0 Å². The van der Waals surface area contributed by atoms with Crippen LogP contribution in [-0.4, -0.2) is 32.8 Å². The number of aromatic nitrogens is 3. The molecule has 0 aliphatic heterocycles. The van der Waals surface area contributed by atoms with Crippen LogP contribution >= 0.6 is 0 Å². The molecule has 0 aliphatic rings. The molecule has 112 valence electrons. The van der Waals surface area contributed by atoms with E-state index in [4.69, 9.17) is 0 Å². The minimum absolute atomic E-state index is 0.112. The van der Waals surface area contributed by atoms with E-state index in [1.165, 1.54) is 28.6 Å². The van der Waals surface area contributed by atoms with Crippen molar-refractivity contribution in [2.75, 3.05) is 7.05 Å². The molecule has 0 bridgehead atoms. The number of benzene rings is 1. The van der Waals surface area contributed by atoms with Gasteiger partial charge in [-0.25, -0.2) is 4.68 Å². The predicted molar refractivity (Wildman–Crippen MR) is 68.5 cm³/mol. The van der Waals surface area contributed by atoms with Crippen LogP contribution < -0.4 is 0 Å². The summed E-state index contributed by atoms with van der Waals surface area (Å²) in [6, 6.07) is 4.60. The van der Waals surface area contributed by atoms with Crippen molar-refractivity contribution in [3.63, 3.8) is 0 Å². The van der Waals surface area contributed by atoms with E-state index in [1.54, 1.807) is 13.2 Å². The lowest BCUT2D eigenvalue weighted by atomic mass is 10.2. The zero-order valence-electron chi connectivity index (χ0n) is 11.4. The van der Waals surface area contributed by atoms with Crippen LogP contribution in [0.5, 0.6) is 0 Å². The largest absolute Gasteiger partial charge is 0.416 e. The second-order valence-corrected chi connectivity index (χ2v) is 4.57. The molecule has 0 fully saturated rings. The van der Waals surface area contributed by atoms with Crippen LogP contribution in [0.15, 0.2) is 30.5 Å². The smallest absolute Gasteiger partial charge is 0.340 e. The number of rotatable bonds is 3. The van der Waals surface area contributed by atoms with Crippen LogP contribution in [0.2, 0.25) is 0 Å². The Bertz CT molecular complexity index is 634. The van der Waals surface area contributed by atoms with E-state index in [0.29, 0.717) is 11.4 Å². The summed E-state index contributed by atoms with van der Waals surface area (Å²) in [5.41, 5.74) is 0.294. The lowest BCUT2D eigenvalue weighted by molar-refractivity contribution is -0.137. The summed E-state index contributed by atoms with van der Waals surface area (Å²) in [5, 5.41) is 7.72. The van der Waals surface area contributed by atoms with Gasteiger partial charge in [0.1, 0.15) is 5.69 Å². The van der Waals surface area contributed by atoms with Crippen LogP contribution in [0.1, 0.15) is 18.2 Å². The Morgan fingerprint density at radius 1 is 1.29 bits per heavy atom. The van der Waals surface area contributed by atoms with Gasteiger partial charge in [-0.2, -0.15) is 13.2 Å². The number of halogens is 3. The van der Waals surface area contributed by atoms with E-state index in [0.717, 1.165) is 12.1 Å². The summed E-state index contributed by atoms with van der Waals surface area (Å²) in [6.07, 6.45) is -2.79. The Balaban J connectivity index is 2.16. The number of nitrogens with zero attached hydrogens (tertiary/aromatic N) is 4. The maximum atomic E-state index is 12.5. The third kappa shape index (κ3) is 3.59. The first kappa shape index (κ1) is 15.0. The molecule has 0 aliphatic carbocycles. The molecule has 0 N–H and O–H groups in total. The van der Waals surface area contributed by atoms with Crippen molar-refractivity contribution < 1.29 is 18.0 Å². The molecule has 0 radical (unpaired) electrons. The minimum atomic E-state index is -4.36. The molecule has 1 aromatic heterocycles. The zero-order chi connectivity index (χ0) is 15.6. The summed E-state index contributed by atoms with van der Waals surface area (Å²) >= 11 is 0. The molecule has 8 heteroatoms. The molecule has 0 saturated heterocycles. The van der Waals surface area contributed by atoms with Crippen molar-refractivity contribution in [3.05, 3.63) is 41.7 Å². The van der Waals surface area contributed by atoms with Gasteiger partial charge >= 0.3 is 6.18 Å². The molecular weight excluding hydrogens is 285 g/mol. The molecule has 0 atom stereocenters. The second-order valence-electron chi connectivity index (χ2n) is 4.57. The van der Waals surface area contributed by atoms with Crippen LogP contribution in [-0.2, 0) is 17.5 Å². The Morgan fingerprint density at radius 3 is 2.43 bits per heavy atom. The monoisotopic (exact) mass is 298 g/mol. The van der Waals surface area contributed by atoms with Gasteiger partial charge in [-0.1, -0.05) is 5.21 Å². The highest BCUT2D eigenvalue weighted by atomic mass is 19.4. The van der Waals surface area contributed by atoms with Gasteiger partial charge in [-0.05, 0) is 24.3 Å². The van der Waals surface area contributed by atoms with Crippen molar-refractivity contribution in [3.8, 4) is 5.69 Å². The molecule has 1 amide bonds. The number of carbonyl (C=O) groups is 1. The third-order valence-corrected chi connectivity index (χ3v) is 2.94. The average Bonchev–Trinajstić information content (AvgIpc) is 2.86. The SMILES string of the molecule is CC(=O)N(C)Cc1cn(-c2ccc(C(F)(F)F)cc2)nn1. The first-order valence-corrected chi connectivity index (χ1v) is 6.08. The molecule has 1 heterocycles. The Morgan fingerprint density at radius 2 is 1.90 bits per heavy atom. The first-order valence-electron chi connectivity index (χ1n) is 6.08. The molecule has 2 rings (SSSR count). The first-order chi connectivity index (χ1) is 9.77. The molecule has 5 nitrogen and oxygen atoms in total. The maximum Gasteiger partial charge on any atom is 0.416 e. The zero-order valence-corrected chi connectivity index (χ0v) is 11.4. The molecule has 0 saturated carbocycles.